The van der Waals surface area contributed by atoms with Crippen LogP contribution in [0.4, 0.5) is 0 Å². The first-order valence-corrected chi connectivity index (χ1v) is 7.12. The molecule has 0 bridgehead atoms. The second-order valence-corrected chi connectivity index (χ2v) is 5.88. The molecule has 1 heterocycles. The zero-order chi connectivity index (χ0) is 13.1. The Hall–Kier alpha value is -0.800. The van der Waals surface area contributed by atoms with Gasteiger partial charge in [0.25, 0.3) is 0 Å². The molecule has 0 radical (unpaired) electrons. The minimum absolute atomic E-state index is 0.574. The Kier molecular flexibility index (Phi) is 4.46. The summed E-state index contributed by atoms with van der Waals surface area (Å²) < 4.78 is 5.80. The predicted octanol–water partition coefficient (Wildman–Crippen LogP) is 3.06. The van der Waals surface area contributed by atoms with Crippen LogP contribution in [0.25, 0.3) is 0 Å². The van der Waals surface area contributed by atoms with E-state index in [4.69, 9.17) is 10.2 Å². The lowest BCUT2D eigenvalue weighted by Gasteiger charge is -2.21. The van der Waals surface area contributed by atoms with Crippen LogP contribution in [-0.4, -0.2) is 17.5 Å². The maximum Gasteiger partial charge on any atom is 0.118 e. The first-order chi connectivity index (χ1) is 8.60. The van der Waals surface area contributed by atoms with Gasteiger partial charge in [-0.1, -0.05) is 13.8 Å². The molecule has 18 heavy (non-hydrogen) atoms. The van der Waals surface area contributed by atoms with Crippen LogP contribution < -0.4 is 5.73 Å². The van der Waals surface area contributed by atoms with Crippen LogP contribution in [-0.2, 0) is 13.1 Å². The van der Waals surface area contributed by atoms with E-state index in [1.807, 2.05) is 6.92 Å². The first-order valence-electron chi connectivity index (χ1n) is 7.12. The summed E-state index contributed by atoms with van der Waals surface area (Å²) in [4.78, 5) is 2.57. The summed E-state index contributed by atoms with van der Waals surface area (Å²) in [6.45, 7) is 9.27. The predicted molar refractivity (Wildman–Crippen MR) is 74.2 cm³/mol. The van der Waals surface area contributed by atoms with Crippen molar-refractivity contribution in [2.24, 2.45) is 11.7 Å². The van der Waals surface area contributed by atoms with Crippen molar-refractivity contribution >= 4 is 0 Å². The van der Waals surface area contributed by atoms with Gasteiger partial charge in [-0.3, -0.25) is 4.90 Å². The number of hydrogen-bond acceptors (Lipinski definition) is 3. The minimum atomic E-state index is 0.574. The molecule has 1 aromatic rings. The Labute approximate surface area is 110 Å². The highest BCUT2D eigenvalue weighted by Gasteiger charge is 2.29. The van der Waals surface area contributed by atoms with Gasteiger partial charge in [-0.2, -0.15) is 0 Å². The number of rotatable bonds is 7. The number of furan rings is 1. The summed E-state index contributed by atoms with van der Waals surface area (Å²) in [7, 11) is 0. The van der Waals surface area contributed by atoms with Crippen molar-refractivity contribution in [3.05, 3.63) is 23.2 Å². The third-order valence-corrected chi connectivity index (χ3v) is 3.71. The molecule has 1 fully saturated rings. The molecule has 0 amide bonds. The Morgan fingerprint density at radius 2 is 2.17 bits per heavy atom. The first kappa shape index (κ1) is 13.6. The molecule has 0 saturated heterocycles. The van der Waals surface area contributed by atoms with Gasteiger partial charge >= 0.3 is 0 Å². The maximum atomic E-state index is 5.80. The smallest absolute Gasteiger partial charge is 0.118 e. The standard InChI is InChI=1S/C15H26N2O/c1-11(2)6-7-17(14-4-5-14)10-15-8-13(9-16)12(3)18-15/h8,11,14H,4-7,9-10,16H2,1-3H3. The van der Waals surface area contributed by atoms with E-state index in [0.717, 1.165) is 35.6 Å². The summed E-state index contributed by atoms with van der Waals surface area (Å²) in [5.74, 6) is 2.82. The number of nitrogens with zero attached hydrogens (tertiary/aromatic N) is 1. The van der Waals surface area contributed by atoms with E-state index in [9.17, 15) is 0 Å². The third kappa shape index (κ3) is 3.59. The fourth-order valence-corrected chi connectivity index (χ4v) is 2.32. The fraction of sp³-hybridized carbons (Fsp3) is 0.733. The molecule has 2 rings (SSSR count). The summed E-state index contributed by atoms with van der Waals surface area (Å²) in [6.07, 6.45) is 3.96. The van der Waals surface area contributed by atoms with E-state index >= 15 is 0 Å². The lowest BCUT2D eigenvalue weighted by molar-refractivity contribution is 0.220. The van der Waals surface area contributed by atoms with Crippen LogP contribution in [0.3, 0.4) is 0 Å². The molecular formula is C15H26N2O. The summed E-state index contributed by atoms with van der Waals surface area (Å²) in [5, 5.41) is 0. The molecule has 3 heteroatoms. The van der Waals surface area contributed by atoms with Crippen molar-refractivity contribution in [1.82, 2.24) is 4.90 Å². The number of hydrogen-bond donors (Lipinski definition) is 1. The van der Waals surface area contributed by atoms with E-state index < -0.39 is 0 Å². The second-order valence-electron chi connectivity index (χ2n) is 5.88. The van der Waals surface area contributed by atoms with Crippen molar-refractivity contribution in [2.45, 2.75) is 59.2 Å². The zero-order valence-electron chi connectivity index (χ0n) is 11.9. The molecule has 0 aliphatic heterocycles. The van der Waals surface area contributed by atoms with Crippen molar-refractivity contribution in [3.8, 4) is 0 Å². The number of aryl methyl sites for hydroxylation is 1. The van der Waals surface area contributed by atoms with Crippen molar-refractivity contribution in [2.75, 3.05) is 6.54 Å². The minimum Gasteiger partial charge on any atom is -0.465 e. The fourth-order valence-electron chi connectivity index (χ4n) is 2.32. The van der Waals surface area contributed by atoms with Crippen molar-refractivity contribution in [1.29, 1.82) is 0 Å². The average Bonchev–Trinajstić information content (AvgIpc) is 3.09. The topological polar surface area (TPSA) is 42.4 Å². The van der Waals surface area contributed by atoms with Gasteiger partial charge in [0.1, 0.15) is 11.5 Å². The normalized spacial score (nSPS) is 15.9. The Balaban J connectivity index is 1.94. The monoisotopic (exact) mass is 250 g/mol. The van der Waals surface area contributed by atoms with Gasteiger partial charge in [0.15, 0.2) is 0 Å². The molecule has 0 aromatic carbocycles. The maximum absolute atomic E-state index is 5.80. The highest BCUT2D eigenvalue weighted by Crippen LogP contribution is 2.29. The van der Waals surface area contributed by atoms with Crippen LogP contribution in [0.15, 0.2) is 10.5 Å². The summed E-state index contributed by atoms with van der Waals surface area (Å²) in [5.41, 5.74) is 6.83. The lowest BCUT2D eigenvalue weighted by atomic mass is 10.1. The second kappa shape index (κ2) is 5.89. The zero-order valence-corrected chi connectivity index (χ0v) is 11.9. The van der Waals surface area contributed by atoms with Gasteiger partial charge in [0.05, 0.1) is 6.54 Å². The van der Waals surface area contributed by atoms with Crippen LogP contribution in [0, 0.1) is 12.8 Å². The van der Waals surface area contributed by atoms with Crippen LogP contribution in [0.1, 0.15) is 50.2 Å². The van der Waals surface area contributed by atoms with Gasteiger partial charge in [-0.15, -0.1) is 0 Å². The molecule has 2 N–H and O–H groups in total. The van der Waals surface area contributed by atoms with E-state index in [2.05, 4.69) is 24.8 Å². The van der Waals surface area contributed by atoms with Gasteiger partial charge in [0, 0.05) is 18.2 Å². The SMILES string of the molecule is Cc1oc(CN(CCC(C)C)C2CC2)cc1CN. The number of nitrogens with two attached hydrogens (primary N) is 1. The van der Waals surface area contributed by atoms with Crippen molar-refractivity contribution in [3.63, 3.8) is 0 Å². The molecule has 102 valence electrons. The van der Waals surface area contributed by atoms with Crippen LogP contribution >= 0.6 is 0 Å². The molecule has 0 spiro atoms. The third-order valence-electron chi connectivity index (χ3n) is 3.71. The summed E-state index contributed by atoms with van der Waals surface area (Å²) >= 11 is 0. The van der Waals surface area contributed by atoms with Crippen LogP contribution in [0.5, 0.6) is 0 Å². The molecule has 1 saturated carbocycles. The molecule has 3 nitrogen and oxygen atoms in total. The van der Waals surface area contributed by atoms with Gasteiger partial charge in [0.2, 0.25) is 0 Å². The molecular weight excluding hydrogens is 224 g/mol. The van der Waals surface area contributed by atoms with E-state index in [-0.39, 0.29) is 0 Å². The van der Waals surface area contributed by atoms with E-state index in [1.165, 1.54) is 25.8 Å². The lowest BCUT2D eigenvalue weighted by Crippen LogP contribution is -2.27. The van der Waals surface area contributed by atoms with E-state index in [0.29, 0.717) is 6.54 Å². The highest BCUT2D eigenvalue weighted by molar-refractivity contribution is 5.20. The Bertz CT molecular complexity index is 380. The van der Waals surface area contributed by atoms with Crippen LogP contribution in [0.2, 0.25) is 0 Å². The molecule has 1 aliphatic carbocycles. The quantitative estimate of drug-likeness (QED) is 0.808. The molecule has 1 aliphatic rings. The Morgan fingerprint density at radius 1 is 1.44 bits per heavy atom. The Morgan fingerprint density at radius 3 is 2.67 bits per heavy atom. The molecule has 1 aromatic heterocycles. The summed E-state index contributed by atoms with van der Waals surface area (Å²) in [6, 6.07) is 2.91. The van der Waals surface area contributed by atoms with E-state index in [1.54, 1.807) is 0 Å². The molecule has 0 atom stereocenters. The average molecular weight is 250 g/mol. The largest absolute Gasteiger partial charge is 0.465 e. The van der Waals surface area contributed by atoms with Gasteiger partial charge < -0.3 is 10.2 Å². The molecule has 0 unspecified atom stereocenters. The highest BCUT2D eigenvalue weighted by atomic mass is 16.3. The van der Waals surface area contributed by atoms with Gasteiger partial charge in [-0.05, 0) is 44.7 Å². The van der Waals surface area contributed by atoms with Crippen molar-refractivity contribution < 1.29 is 4.42 Å². The van der Waals surface area contributed by atoms with Gasteiger partial charge in [-0.25, -0.2) is 0 Å².